The molecule has 1 aliphatic rings. The minimum absolute atomic E-state index is 0.147. The molecule has 0 aliphatic carbocycles. The molecule has 8 nitrogen and oxygen atoms in total. The number of nitrogens with one attached hydrogen (secondary N) is 1. The maximum atomic E-state index is 12.3. The van der Waals surface area contributed by atoms with Gasteiger partial charge in [0.2, 0.25) is 0 Å². The Labute approximate surface area is 141 Å². The molecule has 130 valence electrons. The lowest BCUT2D eigenvalue weighted by Crippen LogP contribution is -2.33. The summed E-state index contributed by atoms with van der Waals surface area (Å²) in [5.74, 6) is 0.804. The van der Waals surface area contributed by atoms with E-state index in [-0.39, 0.29) is 17.8 Å². The van der Waals surface area contributed by atoms with E-state index in [1.807, 2.05) is 0 Å². The quantitative estimate of drug-likeness (QED) is 0.846. The predicted octanol–water partition coefficient (Wildman–Crippen LogP) is 0.855. The van der Waals surface area contributed by atoms with Crippen LogP contribution in [-0.4, -0.2) is 45.6 Å². The first kappa shape index (κ1) is 17.8. The summed E-state index contributed by atoms with van der Waals surface area (Å²) in [4.78, 5) is 12.3. The Bertz CT molecular complexity index is 792. The molecule has 24 heavy (non-hydrogen) atoms. The summed E-state index contributed by atoms with van der Waals surface area (Å²) in [6, 6.07) is 5.27. The van der Waals surface area contributed by atoms with Crippen LogP contribution < -0.4 is 14.8 Å². The van der Waals surface area contributed by atoms with E-state index in [2.05, 4.69) is 9.71 Å². The number of carbonyl (C=O) groups is 1. The molecule has 1 heterocycles. The van der Waals surface area contributed by atoms with Crippen LogP contribution in [0.5, 0.6) is 11.5 Å². The minimum Gasteiger partial charge on any atom is -0.497 e. The Balaban J connectivity index is 2.13. The molecule has 0 saturated carbocycles. The van der Waals surface area contributed by atoms with E-state index in [4.69, 9.17) is 9.47 Å². The third-order valence-electron chi connectivity index (χ3n) is 3.43. The number of hydrogen-bond donors (Lipinski definition) is 1. The topological polar surface area (TPSA) is 97.3 Å². The van der Waals surface area contributed by atoms with Crippen molar-refractivity contribution < 1.29 is 22.7 Å². The van der Waals surface area contributed by atoms with Gasteiger partial charge in [0.05, 0.1) is 25.5 Å². The highest BCUT2D eigenvalue weighted by molar-refractivity contribution is 7.88. The van der Waals surface area contributed by atoms with Gasteiger partial charge in [-0.3, -0.25) is 9.10 Å². The second kappa shape index (κ2) is 6.91. The molecule has 1 aromatic carbocycles. The Morgan fingerprint density at radius 3 is 2.33 bits per heavy atom. The SMILES string of the molecule is COc1cc(CNC(=O)C2=CN(C)S(=O)(=O)N=C2C)cc(OC)c1. The van der Waals surface area contributed by atoms with Gasteiger partial charge in [0.1, 0.15) is 11.5 Å². The summed E-state index contributed by atoms with van der Waals surface area (Å²) in [5.41, 5.74) is 1.13. The van der Waals surface area contributed by atoms with Gasteiger partial charge in [-0.15, -0.1) is 4.40 Å². The average Bonchev–Trinajstić information content (AvgIpc) is 2.55. The highest BCUT2D eigenvalue weighted by atomic mass is 32.2. The normalized spacial score (nSPS) is 16.1. The highest BCUT2D eigenvalue weighted by Gasteiger charge is 2.25. The molecule has 0 aromatic heterocycles. The van der Waals surface area contributed by atoms with Crippen molar-refractivity contribution in [3.05, 3.63) is 35.5 Å². The van der Waals surface area contributed by atoms with Gasteiger partial charge in [0.15, 0.2) is 0 Å². The molecule has 0 fully saturated rings. The summed E-state index contributed by atoms with van der Waals surface area (Å²) in [7, 11) is 0.678. The first-order chi connectivity index (χ1) is 11.3. The number of nitrogens with zero attached hydrogens (tertiary/aromatic N) is 2. The Hall–Kier alpha value is -2.55. The number of rotatable bonds is 5. The molecule has 0 saturated heterocycles. The fourth-order valence-corrected chi connectivity index (χ4v) is 2.91. The van der Waals surface area contributed by atoms with Gasteiger partial charge in [0.25, 0.3) is 5.91 Å². The molecule has 2 rings (SSSR count). The molecule has 0 atom stereocenters. The van der Waals surface area contributed by atoms with Crippen LogP contribution in [0.25, 0.3) is 0 Å². The fourth-order valence-electron chi connectivity index (χ4n) is 2.10. The number of methoxy groups -OCH3 is 2. The van der Waals surface area contributed by atoms with E-state index < -0.39 is 16.1 Å². The summed E-state index contributed by atoms with van der Waals surface area (Å²) in [5, 5.41) is 2.73. The van der Waals surface area contributed by atoms with Crippen molar-refractivity contribution in [3.8, 4) is 11.5 Å². The van der Waals surface area contributed by atoms with Gasteiger partial charge in [-0.2, -0.15) is 8.42 Å². The molecule has 1 aliphatic heterocycles. The Morgan fingerprint density at radius 2 is 1.79 bits per heavy atom. The highest BCUT2D eigenvalue weighted by Crippen LogP contribution is 2.22. The van der Waals surface area contributed by atoms with Crippen LogP contribution in [0.15, 0.2) is 34.4 Å². The second-order valence-corrected chi connectivity index (χ2v) is 6.77. The summed E-state index contributed by atoms with van der Waals surface area (Å²) in [6.07, 6.45) is 1.25. The summed E-state index contributed by atoms with van der Waals surface area (Å²) < 4.78 is 38.0. The first-order valence-electron chi connectivity index (χ1n) is 7.03. The van der Waals surface area contributed by atoms with E-state index in [0.717, 1.165) is 9.87 Å². The number of benzene rings is 1. The lowest BCUT2D eigenvalue weighted by molar-refractivity contribution is -0.117. The van der Waals surface area contributed by atoms with Crippen molar-refractivity contribution in [2.24, 2.45) is 4.40 Å². The zero-order chi connectivity index (χ0) is 17.9. The number of carbonyl (C=O) groups excluding carboxylic acids is 1. The van der Waals surface area contributed by atoms with Gasteiger partial charge in [-0.25, -0.2) is 0 Å². The predicted molar refractivity (Wildman–Crippen MR) is 89.3 cm³/mol. The molecule has 1 aromatic rings. The fraction of sp³-hybridized carbons (Fsp3) is 0.333. The van der Waals surface area contributed by atoms with Crippen molar-refractivity contribution >= 4 is 21.8 Å². The first-order valence-corrected chi connectivity index (χ1v) is 8.43. The van der Waals surface area contributed by atoms with Crippen molar-refractivity contribution in [1.29, 1.82) is 0 Å². The second-order valence-electron chi connectivity index (χ2n) is 5.12. The summed E-state index contributed by atoms with van der Waals surface area (Å²) >= 11 is 0. The van der Waals surface area contributed by atoms with Gasteiger partial charge in [0, 0.05) is 25.9 Å². The smallest absolute Gasteiger partial charge is 0.344 e. The molecule has 1 N–H and O–H groups in total. The average molecular weight is 353 g/mol. The third-order valence-corrected chi connectivity index (χ3v) is 4.76. The van der Waals surface area contributed by atoms with Crippen LogP contribution in [0.2, 0.25) is 0 Å². The summed E-state index contributed by atoms with van der Waals surface area (Å²) in [6.45, 7) is 1.71. The monoisotopic (exact) mass is 353 g/mol. The van der Waals surface area contributed by atoms with Crippen LogP contribution in [-0.2, 0) is 21.5 Å². The van der Waals surface area contributed by atoms with Crippen LogP contribution in [0.4, 0.5) is 0 Å². The lowest BCUT2D eigenvalue weighted by Gasteiger charge is -2.19. The molecule has 0 bridgehead atoms. The number of hydrogen-bond acceptors (Lipinski definition) is 5. The van der Waals surface area contributed by atoms with E-state index in [1.165, 1.54) is 20.2 Å². The Morgan fingerprint density at radius 1 is 1.21 bits per heavy atom. The largest absolute Gasteiger partial charge is 0.497 e. The van der Waals surface area contributed by atoms with Crippen LogP contribution in [0.1, 0.15) is 12.5 Å². The minimum atomic E-state index is -3.73. The van der Waals surface area contributed by atoms with Gasteiger partial charge < -0.3 is 14.8 Å². The van der Waals surface area contributed by atoms with Gasteiger partial charge in [-0.1, -0.05) is 0 Å². The molecule has 0 radical (unpaired) electrons. The lowest BCUT2D eigenvalue weighted by atomic mass is 10.1. The maximum Gasteiger partial charge on any atom is 0.344 e. The zero-order valence-electron chi connectivity index (χ0n) is 13.9. The van der Waals surface area contributed by atoms with Crippen molar-refractivity contribution in [1.82, 2.24) is 9.62 Å². The molecule has 0 spiro atoms. The standard InChI is InChI=1S/C15H19N3O5S/c1-10-14(9-18(2)24(20,21)17-10)15(19)16-8-11-5-12(22-3)7-13(6-11)23-4/h5-7,9H,8H2,1-4H3,(H,16,19). The number of amides is 1. The van der Waals surface area contributed by atoms with Crippen molar-refractivity contribution in [2.75, 3.05) is 21.3 Å². The Kier molecular flexibility index (Phi) is 5.13. The molecule has 1 amide bonds. The zero-order valence-corrected chi connectivity index (χ0v) is 14.7. The molecular formula is C15H19N3O5S. The van der Waals surface area contributed by atoms with Crippen LogP contribution in [0.3, 0.4) is 0 Å². The van der Waals surface area contributed by atoms with Gasteiger partial charge in [-0.05, 0) is 24.6 Å². The van der Waals surface area contributed by atoms with Crippen molar-refractivity contribution in [3.63, 3.8) is 0 Å². The van der Waals surface area contributed by atoms with E-state index in [0.29, 0.717) is 11.5 Å². The van der Waals surface area contributed by atoms with Crippen LogP contribution >= 0.6 is 0 Å². The van der Waals surface area contributed by atoms with Gasteiger partial charge >= 0.3 is 10.2 Å². The molecular weight excluding hydrogens is 334 g/mol. The van der Waals surface area contributed by atoms with Crippen molar-refractivity contribution in [2.45, 2.75) is 13.5 Å². The molecule has 0 unspecified atom stereocenters. The third kappa shape index (κ3) is 3.85. The molecule has 9 heteroatoms. The number of ether oxygens (including phenoxy) is 2. The van der Waals surface area contributed by atoms with E-state index >= 15 is 0 Å². The van der Waals surface area contributed by atoms with E-state index in [9.17, 15) is 13.2 Å². The van der Waals surface area contributed by atoms with Crippen LogP contribution in [0, 0.1) is 0 Å². The maximum absolute atomic E-state index is 12.3. The van der Waals surface area contributed by atoms with E-state index in [1.54, 1.807) is 32.4 Å².